The number of esters is 1. The Kier molecular flexibility index (Phi) is 5.78. The van der Waals surface area contributed by atoms with Crippen molar-refractivity contribution in [3.8, 4) is 0 Å². The Morgan fingerprint density at radius 2 is 1.74 bits per heavy atom. The summed E-state index contributed by atoms with van der Waals surface area (Å²) in [7, 11) is 0. The zero-order valence-corrected chi connectivity index (χ0v) is 16.4. The van der Waals surface area contributed by atoms with Gasteiger partial charge in [-0.15, -0.1) is 0 Å². The Balaban J connectivity index is 2.09. The molecular formula is C19H23N3O5. The predicted molar refractivity (Wildman–Crippen MR) is 99.0 cm³/mol. The molecule has 1 aromatic heterocycles. The Morgan fingerprint density at radius 3 is 2.30 bits per heavy atom. The molecule has 1 aromatic carbocycles. The average Bonchev–Trinajstić information content (AvgIpc) is 2.84. The maximum absolute atomic E-state index is 12.5. The van der Waals surface area contributed by atoms with E-state index in [9.17, 15) is 19.7 Å². The van der Waals surface area contributed by atoms with Gasteiger partial charge in [0, 0.05) is 5.56 Å². The van der Waals surface area contributed by atoms with Crippen molar-refractivity contribution in [2.75, 3.05) is 6.61 Å². The largest absolute Gasteiger partial charge is 0.456 e. The topological polar surface area (TPSA) is 104 Å². The Morgan fingerprint density at radius 1 is 1.11 bits per heavy atom. The number of carbonyl (C=O) groups excluding carboxylic acids is 2. The van der Waals surface area contributed by atoms with Crippen molar-refractivity contribution in [1.29, 1.82) is 0 Å². The average molecular weight is 373 g/mol. The van der Waals surface area contributed by atoms with Gasteiger partial charge in [-0.2, -0.15) is 5.10 Å². The van der Waals surface area contributed by atoms with Gasteiger partial charge in [-0.3, -0.25) is 24.4 Å². The molecule has 8 heteroatoms. The van der Waals surface area contributed by atoms with Crippen LogP contribution in [0.3, 0.4) is 0 Å². The van der Waals surface area contributed by atoms with Crippen LogP contribution in [0, 0.1) is 51.7 Å². The van der Waals surface area contributed by atoms with E-state index >= 15 is 0 Å². The Bertz CT molecular complexity index is 944. The second-order valence-corrected chi connectivity index (χ2v) is 6.65. The van der Waals surface area contributed by atoms with Gasteiger partial charge in [0.2, 0.25) is 5.78 Å². The van der Waals surface area contributed by atoms with Crippen LogP contribution < -0.4 is 0 Å². The number of aryl methyl sites for hydroxylation is 3. The number of nitro groups is 1. The van der Waals surface area contributed by atoms with E-state index in [-0.39, 0.29) is 36.0 Å². The third-order valence-corrected chi connectivity index (χ3v) is 4.80. The SMILES string of the molecule is Cc1cc(C)c(C(=O)COC(=O)Cn2nc(C)c([N+](=O)[O-])c2C)c(C)c1C. The number of aromatic nitrogens is 2. The number of ether oxygens (including phenoxy) is 1. The minimum absolute atomic E-state index is 0.125. The van der Waals surface area contributed by atoms with E-state index in [1.807, 2.05) is 33.8 Å². The number of ketones is 1. The van der Waals surface area contributed by atoms with Crippen LogP contribution in [0.15, 0.2) is 6.07 Å². The summed E-state index contributed by atoms with van der Waals surface area (Å²) in [6, 6.07) is 1.94. The van der Waals surface area contributed by atoms with Crippen LogP contribution in [0.25, 0.3) is 0 Å². The molecule has 0 amide bonds. The van der Waals surface area contributed by atoms with E-state index in [0.717, 1.165) is 22.3 Å². The van der Waals surface area contributed by atoms with E-state index in [0.29, 0.717) is 5.56 Å². The van der Waals surface area contributed by atoms with Crippen molar-refractivity contribution in [1.82, 2.24) is 9.78 Å². The van der Waals surface area contributed by atoms with E-state index < -0.39 is 10.9 Å². The zero-order chi connectivity index (χ0) is 20.5. The van der Waals surface area contributed by atoms with Gasteiger partial charge in [0.15, 0.2) is 6.61 Å². The first-order chi connectivity index (χ1) is 12.5. The number of Topliss-reactive ketones (excluding diaryl/α,β-unsaturated/α-hetero) is 1. The molecule has 27 heavy (non-hydrogen) atoms. The van der Waals surface area contributed by atoms with E-state index in [1.165, 1.54) is 18.5 Å². The van der Waals surface area contributed by atoms with Crippen LogP contribution >= 0.6 is 0 Å². The lowest BCUT2D eigenvalue weighted by Gasteiger charge is -2.14. The molecule has 0 unspecified atom stereocenters. The van der Waals surface area contributed by atoms with Crippen LogP contribution in [0.5, 0.6) is 0 Å². The molecule has 0 saturated carbocycles. The first-order valence-electron chi connectivity index (χ1n) is 8.49. The summed E-state index contributed by atoms with van der Waals surface area (Å²) in [5.41, 5.74) is 4.78. The lowest BCUT2D eigenvalue weighted by molar-refractivity contribution is -0.386. The van der Waals surface area contributed by atoms with Crippen LogP contribution in [0.1, 0.15) is 44.0 Å². The summed E-state index contributed by atoms with van der Waals surface area (Å²) < 4.78 is 6.30. The quantitative estimate of drug-likeness (QED) is 0.333. The number of rotatable bonds is 6. The summed E-state index contributed by atoms with van der Waals surface area (Å²) in [5.74, 6) is -0.955. The number of hydrogen-bond acceptors (Lipinski definition) is 6. The fraction of sp³-hybridized carbons (Fsp3) is 0.421. The van der Waals surface area contributed by atoms with Gasteiger partial charge in [0.05, 0.1) is 4.92 Å². The molecule has 0 saturated heterocycles. The molecule has 144 valence electrons. The molecule has 0 fully saturated rings. The standard InChI is InChI=1S/C19H23N3O5/c1-10-7-11(2)18(13(4)12(10)3)16(23)9-27-17(24)8-21-15(6)19(22(25)26)14(5)20-21/h7H,8-9H2,1-6H3. The van der Waals surface area contributed by atoms with Crippen molar-refractivity contribution < 1.29 is 19.2 Å². The summed E-state index contributed by atoms with van der Waals surface area (Å²) in [4.78, 5) is 35.1. The van der Waals surface area contributed by atoms with Crippen molar-refractivity contribution in [2.24, 2.45) is 0 Å². The lowest BCUT2D eigenvalue weighted by Crippen LogP contribution is -2.21. The fourth-order valence-corrected chi connectivity index (χ4v) is 3.21. The van der Waals surface area contributed by atoms with Crippen LogP contribution in [-0.2, 0) is 16.1 Å². The van der Waals surface area contributed by atoms with Gasteiger partial charge in [0.1, 0.15) is 17.9 Å². The normalized spacial score (nSPS) is 10.7. The second-order valence-electron chi connectivity index (χ2n) is 6.65. The number of carbonyl (C=O) groups is 2. The fourth-order valence-electron chi connectivity index (χ4n) is 3.21. The van der Waals surface area contributed by atoms with Gasteiger partial charge in [-0.1, -0.05) is 6.07 Å². The molecule has 2 aromatic rings. The molecule has 1 heterocycles. The summed E-state index contributed by atoms with van der Waals surface area (Å²) >= 11 is 0. The minimum Gasteiger partial charge on any atom is -0.456 e. The minimum atomic E-state index is -0.678. The monoisotopic (exact) mass is 373 g/mol. The smallest absolute Gasteiger partial charge is 0.328 e. The molecule has 0 aliphatic carbocycles. The highest BCUT2D eigenvalue weighted by molar-refractivity contribution is 6.00. The van der Waals surface area contributed by atoms with E-state index in [2.05, 4.69) is 5.10 Å². The molecule has 0 aliphatic rings. The van der Waals surface area contributed by atoms with Crippen molar-refractivity contribution >= 4 is 17.4 Å². The molecule has 0 aliphatic heterocycles. The number of hydrogen-bond donors (Lipinski definition) is 0. The van der Waals surface area contributed by atoms with Crippen molar-refractivity contribution in [3.63, 3.8) is 0 Å². The summed E-state index contributed by atoms with van der Waals surface area (Å²) in [6.07, 6.45) is 0. The predicted octanol–water partition coefficient (Wildman–Crippen LogP) is 3.07. The molecule has 2 rings (SSSR count). The first-order valence-corrected chi connectivity index (χ1v) is 8.49. The highest BCUT2D eigenvalue weighted by Gasteiger charge is 2.23. The molecule has 0 atom stereocenters. The Hall–Kier alpha value is -3.03. The maximum atomic E-state index is 12.5. The third kappa shape index (κ3) is 4.05. The lowest BCUT2D eigenvalue weighted by atomic mass is 9.92. The Labute approximate surface area is 157 Å². The maximum Gasteiger partial charge on any atom is 0.328 e. The van der Waals surface area contributed by atoms with Crippen molar-refractivity contribution in [3.05, 3.63) is 55.4 Å². The zero-order valence-electron chi connectivity index (χ0n) is 16.4. The van der Waals surface area contributed by atoms with Gasteiger partial charge in [-0.25, -0.2) is 0 Å². The van der Waals surface area contributed by atoms with Gasteiger partial charge < -0.3 is 4.74 Å². The van der Waals surface area contributed by atoms with Crippen LogP contribution in [0.2, 0.25) is 0 Å². The first kappa shape index (κ1) is 20.3. The van der Waals surface area contributed by atoms with Crippen LogP contribution in [-0.4, -0.2) is 33.1 Å². The molecule has 0 bridgehead atoms. The summed E-state index contributed by atoms with van der Waals surface area (Å²) in [5, 5.41) is 15.0. The van der Waals surface area contributed by atoms with E-state index in [4.69, 9.17) is 4.74 Å². The number of benzene rings is 1. The molecular weight excluding hydrogens is 350 g/mol. The highest BCUT2D eigenvalue weighted by atomic mass is 16.6. The third-order valence-electron chi connectivity index (χ3n) is 4.80. The van der Waals surface area contributed by atoms with Gasteiger partial charge >= 0.3 is 11.7 Å². The van der Waals surface area contributed by atoms with Gasteiger partial charge in [-0.05, 0) is 63.8 Å². The molecule has 0 N–H and O–H groups in total. The molecule has 0 radical (unpaired) electrons. The van der Waals surface area contributed by atoms with E-state index in [1.54, 1.807) is 0 Å². The second kappa shape index (κ2) is 7.69. The van der Waals surface area contributed by atoms with Crippen molar-refractivity contribution in [2.45, 2.75) is 48.1 Å². The van der Waals surface area contributed by atoms with Crippen LogP contribution in [0.4, 0.5) is 5.69 Å². The molecule has 0 spiro atoms. The van der Waals surface area contributed by atoms with Gasteiger partial charge in [0.25, 0.3) is 0 Å². The summed E-state index contributed by atoms with van der Waals surface area (Å²) in [6.45, 7) is 9.99. The number of nitrogens with zero attached hydrogens (tertiary/aromatic N) is 3. The highest BCUT2D eigenvalue weighted by Crippen LogP contribution is 2.23. The molecule has 8 nitrogen and oxygen atoms in total.